The van der Waals surface area contributed by atoms with E-state index in [1.807, 2.05) is 0 Å². The van der Waals surface area contributed by atoms with Crippen LogP contribution in [0, 0.1) is 0 Å². The van der Waals surface area contributed by atoms with Crippen LogP contribution in [0.2, 0.25) is 0 Å². The second-order valence-corrected chi connectivity index (χ2v) is 4.49. The van der Waals surface area contributed by atoms with Crippen molar-refractivity contribution >= 4 is 23.3 Å². The predicted octanol–water partition coefficient (Wildman–Crippen LogP) is 2.08. The van der Waals surface area contributed by atoms with E-state index in [-0.39, 0.29) is 18.3 Å². The van der Waals surface area contributed by atoms with E-state index in [1.54, 1.807) is 24.3 Å². The Hall–Kier alpha value is -3.02. The number of ether oxygens (including phenoxy) is 1. The van der Waals surface area contributed by atoms with Gasteiger partial charge in [-0.2, -0.15) is 0 Å². The molecule has 1 amide bonds. The van der Waals surface area contributed by atoms with Crippen LogP contribution in [0.4, 0.5) is 5.69 Å². The third-order valence-electron chi connectivity index (χ3n) is 2.78. The Kier molecular flexibility index (Phi) is 4.98. The van der Waals surface area contributed by atoms with Gasteiger partial charge < -0.3 is 10.1 Å². The quantitative estimate of drug-likeness (QED) is 0.674. The second-order valence-electron chi connectivity index (χ2n) is 4.49. The van der Waals surface area contributed by atoms with Crippen molar-refractivity contribution in [3.8, 4) is 0 Å². The molecule has 0 fully saturated rings. The number of nitrogens with one attached hydrogen (secondary N) is 1. The van der Waals surface area contributed by atoms with Crippen LogP contribution in [0.5, 0.6) is 0 Å². The minimum atomic E-state index is -0.578. The van der Waals surface area contributed by atoms with E-state index in [1.165, 1.54) is 31.5 Å². The summed E-state index contributed by atoms with van der Waals surface area (Å²) in [6.07, 6.45) is 2.94. The van der Waals surface area contributed by atoms with Crippen LogP contribution >= 0.6 is 0 Å². The first kappa shape index (κ1) is 15.4. The van der Waals surface area contributed by atoms with E-state index < -0.39 is 5.97 Å². The zero-order chi connectivity index (χ0) is 15.9. The van der Waals surface area contributed by atoms with Crippen molar-refractivity contribution < 1.29 is 19.1 Å². The number of benzene rings is 1. The maximum atomic E-state index is 11.9. The van der Waals surface area contributed by atoms with Gasteiger partial charge in [-0.05, 0) is 36.4 Å². The van der Waals surface area contributed by atoms with Crippen LogP contribution in [-0.4, -0.2) is 29.3 Å². The Morgan fingerprint density at radius 3 is 2.23 bits per heavy atom. The summed E-state index contributed by atoms with van der Waals surface area (Å²) in [4.78, 5) is 38.3. The first-order chi connectivity index (χ1) is 10.6. The van der Waals surface area contributed by atoms with Gasteiger partial charge in [0.05, 0.1) is 5.56 Å². The number of anilines is 1. The van der Waals surface area contributed by atoms with Crippen molar-refractivity contribution in [2.45, 2.75) is 6.92 Å². The van der Waals surface area contributed by atoms with Crippen molar-refractivity contribution in [1.29, 1.82) is 0 Å². The van der Waals surface area contributed by atoms with Gasteiger partial charge in [-0.3, -0.25) is 14.6 Å². The average molecular weight is 298 g/mol. The molecule has 2 aromatic rings. The number of hydrogen-bond donors (Lipinski definition) is 1. The maximum absolute atomic E-state index is 11.9. The first-order valence-electron chi connectivity index (χ1n) is 6.54. The molecule has 0 radical (unpaired) electrons. The molecule has 112 valence electrons. The summed E-state index contributed by atoms with van der Waals surface area (Å²) in [5.74, 6) is -1.09. The number of amides is 1. The topological polar surface area (TPSA) is 85.4 Å². The number of Topliss-reactive ketones (excluding diaryl/α,β-unsaturated/α-hetero) is 1. The molecule has 0 spiro atoms. The van der Waals surface area contributed by atoms with E-state index in [2.05, 4.69) is 10.3 Å². The van der Waals surface area contributed by atoms with E-state index in [4.69, 9.17) is 4.74 Å². The summed E-state index contributed by atoms with van der Waals surface area (Å²) in [5, 5.41) is 2.60. The molecule has 6 nitrogen and oxygen atoms in total. The normalized spacial score (nSPS) is 9.86. The number of ketones is 1. The van der Waals surface area contributed by atoms with E-state index in [9.17, 15) is 14.4 Å². The fraction of sp³-hybridized carbons (Fsp3) is 0.125. The lowest BCUT2D eigenvalue weighted by atomic mass is 10.1. The summed E-state index contributed by atoms with van der Waals surface area (Å²) in [6.45, 7) is 1.05. The lowest BCUT2D eigenvalue weighted by Crippen LogP contribution is -2.14. The minimum Gasteiger partial charge on any atom is -0.454 e. The average Bonchev–Trinajstić information content (AvgIpc) is 2.53. The van der Waals surface area contributed by atoms with Crippen molar-refractivity contribution in [1.82, 2.24) is 4.98 Å². The van der Waals surface area contributed by atoms with Gasteiger partial charge in [-0.15, -0.1) is 0 Å². The molecule has 22 heavy (non-hydrogen) atoms. The summed E-state index contributed by atoms with van der Waals surface area (Å²) in [7, 11) is 0. The van der Waals surface area contributed by atoms with E-state index >= 15 is 0 Å². The first-order valence-corrected chi connectivity index (χ1v) is 6.54. The third-order valence-corrected chi connectivity index (χ3v) is 2.78. The smallest absolute Gasteiger partial charge is 0.338 e. The molecule has 0 saturated heterocycles. The highest BCUT2D eigenvalue weighted by Crippen LogP contribution is 2.10. The molecule has 0 atom stereocenters. The molecule has 2 rings (SSSR count). The third kappa shape index (κ3) is 4.24. The number of nitrogens with zero attached hydrogens (tertiary/aromatic N) is 1. The van der Waals surface area contributed by atoms with Crippen molar-refractivity contribution in [2.24, 2.45) is 0 Å². The van der Waals surface area contributed by atoms with E-state index in [0.717, 1.165) is 0 Å². The fourth-order valence-corrected chi connectivity index (χ4v) is 1.73. The lowest BCUT2D eigenvalue weighted by molar-refractivity contribution is -0.114. The summed E-state index contributed by atoms with van der Waals surface area (Å²) >= 11 is 0. The molecule has 0 aliphatic heterocycles. The molecular formula is C16H14N2O4. The molecule has 1 heterocycles. The van der Waals surface area contributed by atoms with Crippen LogP contribution in [-0.2, 0) is 9.53 Å². The van der Waals surface area contributed by atoms with Crippen molar-refractivity contribution in [2.75, 3.05) is 11.9 Å². The molecule has 1 aromatic carbocycles. The molecule has 1 aromatic heterocycles. The van der Waals surface area contributed by atoms with Crippen LogP contribution in [0.1, 0.15) is 27.6 Å². The standard InChI is InChI=1S/C16H14N2O4/c1-11(19)18-14-4-2-12(3-5-14)15(20)10-22-16(21)13-6-8-17-9-7-13/h2-9H,10H2,1H3,(H,18,19). The van der Waals surface area contributed by atoms with Gasteiger partial charge in [0.15, 0.2) is 12.4 Å². The van der Waals surface area contributed by atoms with Gasteiger partial charge in [-0.1, -0.05) is 0 Å². The largest absolute Gasteiger partial charge is 0.454 e. The Balaban J connectivity index is 1.92. The monoisotopic (exact) mass is 298 g/mol. The Morgan fingerprint density at radius 1 is 1.00 bits per heavy atom. The zero-order valence-electron chi connectivity index (χ0n) is 11.9. The maximum Gasteiger partial charge on any atom is 0.338 e. The van der Waals surface area contributed by atoms with Gasteiger partial charge in [0.2, 0.25) is 5.91 Å². The van der Waals surface area contributed by atoms with Crippen molar-refractivity contribution in [3.63, 3.8) is 0 Å². The molecule has 1 N–H and O–H groups in total. The minimum absolute atomic E-state index is 0.189. The second kappa shape index (κ2) is 7.12. The Labute approximate surface area is 127 Å². The molecule has 0 aliphatic carbocycles. The van der Waals surface area contributed by atoms with Crippen LogP contribution in [0.15, 0.2) is 48.8 Å². The molecule has 0 unspecified atom stereocenters. The lowest BCUT2D eigenvalue weighted by Gasteiger charge is -2.05. The number of carbonyl (C=O) groups excluding carboxylic acids is 3. The van der Waals surface area contributed by atoms with Crippen LogP contribution in [0.25, 0.3) is 0 Å². The van der Waals surface area contributed by atoms with Crippen LogP contribution in [0.3, 0.4) is 0 Å². The summed E-state index contributed by atoms with van der Waals surface area (Å²) in [6, 6.07) is 9.37. The Bertz CT molecular complexity index is 681. The number of pyridine rings is 1. The SMILES string of the molecule is CC(=O)Nc1ccc(C(=O)COC(=O)c2ccncc2)cc1. The molecule has 0 saturated carbocycles. The molecule has 0 aliphatic rings. The summed E-state index contributed by atoms with van der Waals surface area (Å²) < 4.78 is 4.95. The van der Waals surface area contributed by atoms with Gasteiger partial charge in [0, 0.05) is 30.6 Å². The van der Waals surface area contributed by atoms with Crippen molar-refractivity contribution in [3.05, 3.63) is 59.9 Å². The number of aromatic nitrogens is 1. The van der Waals surface area contributed by atoms with Crippen LogP contribution < -0.4 is 5.32 Å². The number of carbonyl (C=O) groups is 3. The highest BCUT2D eigenvalue weighted by atomic mass is 16.5. The zero-order valence-corrected chi connectivity index (χ0v) is 11.9. The van der Waals surface area contributed by atoms with E-state index in [0.29, 0.717) is 16.8 Å². The fourth-order valence-electron chi connectivity index (χ4n) is 1.73. The predicted molar refractivity (Wildman–Crippen MR) is 79.6 cm³/mol. The van der Waals surface area contributed by atoms with Gasteiger partial charge >= 0.3 is 5.97 Å². The highest BCUT2D eigenvalue weighted by Gasteiger charge is 2.11. The van der Waals surface area contributed by atoms with Gasteiger partial charge in [0.25, 0.3) is 0 Å². The van der Waals surface area contributed by atoms with Gasteiger partial charge in [-0.25, -0.2) is 4.79 Å². The Morgan fingerprint density at radius 2 is 1.64 bits per heavy atom. The molecule has 0 bridgehead atoms. The van der Waals surface area contributed by atoms with Gasteiger partial charge in [0.1, 0.15) is 0 Å². The number of rotatable bonds is 5. The molecular weight excluding hydrogens is 284 g/mol. The summed E-state index contributed by atoms with van der Waals surface area (Å²) in [5.41, 5.74) is 1.33. The number of esters is 1. The molecule has 6 heteroatoms. The number of hydrogen-bond acceptors (Lipinski definition) is 5. The highest BCUT2D eigenvalue weighted by molar-refractivity contribution is 5.99.